The SMILES string of the molecule is O=[N+]([O-])c1cccc2c1OC(C(Cl)C(F)(F)F)(C(F)(F)F)O2. The highest BCUT2D eigenvalue weighted by Gasteiger charge is 2.74. The first-order valence-electron chi connectivity index (χ1n) is 5.33. The molecule has 1 aromatic carbocycles. The fraction of sp³-hybridized carbons (Fsp3) is 0.400. The van der Waals surface area contributed by atoms with Gasteiger partial charge in [0.15, 0.2) is 5.75 Å². The summed E-state index contributed by atoms with van der Waals surface area (Å²) in [5.41, 5.74) is -0.977. The van der Waals surface area contributed by atoms with Crippen LogP contribution < -0.4 is 9.47 Å². The first kappa shape index (κ1) is 16.5. The predicted molar refractivity (Wildman–Crippen MR) is 58.8 cm³/mol. The minimum Gasteiger partial charge on any atom is -0.439 e. The number of para-hydroxylation sites is 1. The number of nitro benzene ring substituents is 1. The molecule has 22 heavy (non-hydrogen) atoms. The van der Waals surface area contributed by atoms with E-state index in [4.69, 9.17) is 11.6 Å². The van der Waals surface area contributed by atoms with Gasteiger partial charge in [0.25, 0.3) is 0 Å². The maximum Gasteiger partial charge on any atom is 0.470 e. The standard InChI is InChI=1S/C10H4ClF6NO4/c11-7(9(12,13)14)8(10(15,16)17)21-5-3-1-2-4(18(19)20)6(5)22-8/h1-3,7H. The number of hydrogen-bond donors (Lipinski definition) is 0. The lowest BCUT2D eigenvalue weighted by molar-refractivity contribution is -0.387. The van der Waals surface area contributed by atoms with Gasteiger partial charge in [0.1, 0.15) is 0 Å². The summed E-state index contributed by atoms with van der Waals surface area (Å²) >= 11 is 4.86. The molecule has 0 N–H and O–H groups in total. The van der Waals surface area contributed by atoms with Crippen molar-refractivity contribution in [2.24, 2.45) is 0 Å². The zero-order valence-corrected chi connectivity index (χ0v) is 10.8. The Morgan fingerprint density at radius 3 is 2.23 bits per heavy atom. The zero-order chi connectivity index (χ0) is 16.9. The van der Waals surface area contributed by atoms with E-state index in [1.807, 2.05) is 0 Å². The molecule has 2 rings (SSSR count). The van der Waals surface area contributed by atoms with E-state index in [1.165, 1.54) is 0 Å². The summed E-state index contributed by atoms with van der Waals surface area (Å²) < 4.78 is 85.6. The van der Waals surface area contributed by atoms with E-state index in [1.54, 1.807) is 0 Å². The summed E-state index contributed by atoms with van der Waals surface area (Å²) in [7, 11) is 0. The average Bonchev–Trinajstić information content (AvgIpc) is 2.75. The number of alkyl halides is 7. The summed E-state index contributed by atoms with van der Waals surface area (Å²) in [5.74, 6) is -6.23. The fourth-order valence-electron chi connectivity index (χ4n) is 1.75. The molecule has 5 nitrogen and oxygen atoms in total. The molecule has 1 heterocycles. The molecule has 0 spiro atoms. The molecule has 0 aliphatic carbocycles. The number of halogens is 7. The molecular weight excluding hydrogens is 348 g/mol. The van der Waals surface area contributed by atoms with Crippen LogP contribution in [0.5, 0.6) is 11.5 Å². The number of nitrogens with zero attached hydrogens (tertiary/aromatic N) is 1. The van der Waals surface area contributed by atoms with Crippen LogP contribution in [-0.2, 0) is 0 Å². The highest BCUT2D eigenvalue weighted by atomic mass is 35.5. The lowest BCUT2D eigenvalue weighted by Crippen LogP contribution is -2.63. The normalized spacial score (nSPS) is 22.5. The van der Waals surface area contributed by atoms with Crippen LogP contribution in [0.1, 0.15) is 0 Å². The van der Waals surface area contributed by atoms with Crippen molar-refractivity contribution in [3.63, 3.8) is 0 Å². The molecule has 2 atom stereocenters. The molecule has 2 unspecified atom stereocenters. The molecule has 1 aromatic rings. The molecular formula is C10H4ClF6NO4. The lowest BCUT2D eigenvalue weighted by Gasteiger charge is -2.33. The van der Waals surface area contributed by atoms with Crippen LogP contribution >= 0.6 is 11.6 Å². The third-order valence-corrected chi connectivity index (χ3v) is 3.22. The van der Waals surface area contributed by atoms with Crippen LogP contribution in [0.4, 0.5) is 32.0 Å². The number of hydrogen-bond acceptors (Lipinski definition) is 4. The van der Waals surface area contributed by atoms with Gasteiger partial charge < -0.3 is 9.47 Å². The van der Waals surface area contributed by atoms with E-state index in [2.05, 4.69) is 9.47 Å². The predicted octanol–water partition coefficient (Wildman–Crippen LogP) is 3.79. The topological polar surface area (TPSA) is 61.6 Å². The largest absolute Gasteiger partial charge is 0.470 e. The van der Waals surface area contributed by atoms with Crippen molar-refractivity contribution in [3.05, 3.63) is 28.3 Å². The molecule has 0 aromatic heterocycles. The van der Waals surface area contributed by atoms with E-state index in [9.17, 15) is 36.5 Å². The molecule has 0 amide bonds. The fourth-order valence-corrected chi connectivity index (χ4v) is 1.96. The monoisotopic (exact) mass is 351 g/mol. The quantitative estimate of drug-likeness (QED) is 0.352. The van der Waals surface area contributed by atoms with Crippen molar-refractivity contribution in [1.29, 1.82) is 0 Å². The highest BCUT2D eigenvalue weighted by molar-refractivity contribution is 6.22. The van der Waals surface area contributed by atoms with Gasteiger partial charge in [0.05, 0.1) is 4.92 Å². The van der Waals surface area contributed by atoms with Crippen LogP contribution in [0, 0.1) is 10.1 Å². The number of fused-ring (bicyclic) bond motifs is 1. The van der Waals surface area contributed by atoms with Gasteiger partial charge in [-0.1, -0.05) is 6.07 Å². The van der Waals surface area contributed by atoms with Crippen molar-refractivity contribution < 1.29 is 40.7 Å². The number of rotatable bonds is 2. The minimum absolute atomic E-state index is 0.755. The second-order valence-corrected chi connectivity index (χ2v) is 4.57. The third kappa shape index (κ3) is 2.38. The van der Waals surface area contributed by atoms with E-state index in [-0.39, 0.29) is 0 Å². The van der Waals surface area contributed by atoms with Gasteiger partial charge in [-0.05, 0) is 6.07 Å². The Morgan fingerprint density at radius 1 is 1.18 bits per heavy atom. The van der Waals surface area contributed by atoms with Gasteiger partial charge in [-0.3, -0.25) is 10.1 Å². The zero-order valence-electron chi connectivity index (χ0n) is 10.0. The molecule has 0 fully saturated rings. The summed E-state index contributed by atoms with van der Waals surface area (Å²) in [5, 5.41) is 7.09. The Bertz CT molecular complexity index is 618. The maximum atomic E-state index is 13.1. The van der Waals surface area contributed by atoms with E-state index >= 15 is 0 Å². The number of nitro groups is 1. The molecule has 0 saturated carbocycles. The van der Waals surface area contributed by atoms with Gasteiger partial charge in [-0.2, -0.15) is 26.3 Å². The number of benzene rings is 1. The smallest absolute Gasteiger partial charge is 0.439 e. The van der Waals surface area contributed by atoms with Crippen LogP contribution in [0.15, 0.2) is 18.2 Å². The van der Waals surface area contributed by atoms with Crippen molar-refractivity contribution in [2.45, 2.75) is 23.5 Å². The second kappa shape index (κ2) is 4.80. The summed E-state index contributed by atoms with van der Waals surface area (Å²) in [6, 6.07) is 2.49. The first-order valence-corrected chi connectivity index (χ1v) is 5.77. The molecule has 0 saturated heterocycles. The Balaban J connectivity index is 2.58. The molecule has 122 valence electrons. The lowest BCUT2D eigenvalue weighted by atomic mass is 10.1. The number of ether oxygens (including phenoxy) is 2. The van der Waals surface area contributed by atoms with Gasteiger partial charge in [-0.15, -0.1) is 11.6 Å². The first-order chi connectivity index (χ1) is 9.90. The van der Waals surface area contributed by atoms with Crippen LogP contribution in [0.2, 0.25) is 0 Å². The van der Waals surface area contributed by atoms with E-state index < -0.39 is 45.6 Å². The van der Waals surface area contributed by atoms with Crippen molar-refractivity contribution >= 4 is 17.3 Å². The van der Waals surface area contributed by atoms with Crippen LogP contribution in [0.25, 0.3) is 0 Å². The average molecular weight is 352 g/mol. The molecule has 1 aliphatic heterocycles. The van der Waals surface area contributed by atoms with Crippen LogP contribution in [0.3, 0.4) is 0 Å². The Hall–Kier alpha value is -1.91. The van der Waals surface area contributed by atoms with Crippen molar-refractivity contribution in [2.75, 3.05) is 0 Å². The molecule has 0 bridgehead atoms. The van der Waals surface area contributed by atoms with Gasteiger partial charge in [-0.25, -0.2) is 0 Å². The molecule has 0 radical (unpaired) electrons. The third-order valence-electron chi connectivity index (χ3n) is 2.69. The second-order valence-electron chi connectivity index (χ2n) is 4.14. The molecule has 12 heteroatoms. The summed E-state index contributed by atoms with van der Waals surface area (Å²) in [6.07, 6.45) is -11.2. The van der Waals surface area contributed by atoms with Crippen molar-refractivity contribution in [1.82, 2.24) is 0 Å². The van der Waals surface area contributed by atoms with Crippen molar-refractivity contribution in [3.8, 4) is 11.5 Å². The summed E-state index contributed by atoms with van der Waals surface area (Å²) in [6.45, 7) is 0. The Morgan fingerprint density at radius 2 is 1.77 bits per heavy atom. The molecule has 1 aliphatic rings. The van der Waals surface area contributed by atoms with Gasteiger partial charge in [0, 0.05) is 6.07 Å². The maximum absolute atomic E-state index is 13.1. The van der Waals surface area contributed by atoms with Crippen LogP contribution in [-0.4, -0.2) is 28.4 Å². The van der Waals surface area contributed by atoms with Gasteiger partial charge in [0.2, 0.25) is 11.1 Å². The minimum atomic E-state index is -5.71. The summed E-state index contributed by atoms with van der Waals surface area (Å²) in [4.78, 5) is 9.60. The Labute approximate surface area is 122 Å². The Kier molecular flexibility index (Phi) is 3.59. The highest BCUT2D eigenvalue weighted by Crippen LogP contribution is 2.54. The van der Waals surface area contributed by atoms with E-state index in [0.29, 0.717) is 0 Å². The van der Waals surface area contributed by atoms with Gasteiger partial charge >= 0.3 is 23.8 Å². The van der Waals surface area contributed by atoms with E-state index in [0.717, 1.165) is 18.2 Å².